The Labute approximate surface area is 105 Å². The minimum Gasteiger partial charge on any atom is -0.467 e. The molecule has 0 aliphatic rings. The quantitative estimate of drug-likeness (QED) is 0.333. The Morgan fingerprint density at radius 3 is 2.29 bits per heavy atom. The standard InChI is InChI=1S/C13H26N2O2/c1-4-5-6-7-8-9-10-11-14-15-12(2)13(16)17-3/h12H,4-11H2,1-3H3. The Morgan fingerprint density at radius 1 is 1.12 bits per heavy atom. The van der Waals surface area contributed by atoms with Crippen molar-refractivity contribution in [1.82, 2.24) is 0 Å². The van der Waals surface area contributed by atoms with Crippen molar-refractivity contribution < 1.29 is 9.53 Å². The maximum absolute atomic E-state index is 11.0. The van der Waals surface area contributed by atoms with E-state index in [4.69, 9.17) is 0 Å². The highest BCUT2D eigenvalue weighted by Crippen LogP contribution is 2.07. The lowest BCUT2D eigenvalue weighted by Crippen LogP contribution is -2.15. The first-order chi connectivity index (χ1) is 8.22. The van der Waals surface area contributed by atoms with Gasteiger partial charge in [0.1, 0.15) is 0 Å². The third-order valence-corrected chi connectivity index (χ3v) is 2.66. The molecule has 100 valence electrons. The molecule has 0 heterocycles. The number of hydrogen-bond acceptors (Lipinski definition) is 4. The molecule has 0 fully saturated rings. The minimum absolute atomic E-state index is 0.326. The van der Waals surface area contributed by atoms with Gasteiger partial charge in [-0.3, -0.25) is 0 Å². The third kappa shape index (κ3) is 9.97. The highest BCUT2D eigenvalue weighted by Gasteiger charge is 2.10. The van der Waals surface area contributed by atoms with E-state index in [1.54, 1.807) is 6.92 Å². The van der Waals surface area contributed by atoms with E-state index in [2.05, 4.69) is 21.9 Å². The van der Waals surface area contributed by atoms with Gasteiger partial charge in [0.25, 0.3) is 0 Å². The van der Waals surface area contributed by atoms with Gasteiger partial charge in [0.15, 0.2) is 6.04 Å². The van der Waals surface area contributed by atoms with Gasteiger partial charge in [-0.25, -0.2) is 4.79 Å². The second kappa shape index (κ2) is 11.6. The van der Waals surface area contributed by atoms with Gasteiger partial charge in [0.05, 0.1) is 13.7 Å². The van der Waals surface area contributed by atoms with E-state index in [-0.39, 0.29) is 5.97 Å². The minimum atomic E-state index is -0.468. The summed E-state index contributed by atoms with van der Waals surface area (Å²) in [7, 11) is 1.37. The number of unbranched alkanes of at least 4 members (excludes halogenated alkanes) is 6. The smallest absolute Gasteiger partial charge is 0.332 e. The van der Waals surface area contributed by atoms with Crippen LogP contribution in [0.15, 0.2) is 10.2 Å². The second-order valence-electron chi connectivity index (χ2n) is 4.30. The van der Waals surface area contributed by atoms with Crippen molar-refractivity contribution in [3.63, 3.8) is 0 Å². The molecule has 0 rings (SSSR count). The second-order valence-corrected chi connectivity index (χ2v) is 4.30. The van der Waals surface area contributed by atoms with Crippen molar-refractivity contribution >= 4 is 5.97 Å². The fourth-order valence-electron chi connectivity index (χ4n) is 1.54. The first kappa shape index (κ1) is 16.1. The normalized spacial score (nSPS) is 12.9. The van der Waals surface area contributed by atoms with E-state index in [0.29, 0.717) is 0 Å². The highest BCUT2D eigenvalue weighted by molar-refractivity contribution is 5.75. The molecule has 1 atom stereocenters. The van der Waals surface area contributed by atoms with Crippen LogP contribution in [0, 0.1) is 0 Å². The number of carbonyl (C=O) groups is 1. The molecule has 0 radical (unpaired) electrons. The topological polar surface area (TPSA) is 51.0 Å². The molecule has 1 unspecified atom stereocenters. The van der Waals surface area contributed by atoms with Crippen LogP contribution in [-0.4, -0.2) is 25.7 Å². The molecular formula is C13H26N2O2. The van der Waals surface area contributed by atoms with Gasteiger partial charge in [0, 0.05) is 0 Å². The summed E-state index contributed by atoms with van der Waals surface area (Å²) in [4.78, 5) is 11.0. The number of azo groups is 1. The molecule has 4 heteroatoms. The molecule has 0 N–H and O–H groups in total. The van der Waals surface area contributed by atoms with Crippen molar-refractivity contribution in [1.29, 1.82) is 0 Å². The van der Waals surface area contributed by atoms with E-state index in [0.717, 1.165) is 13.0 Å². The van der Waals surface area contributed by atoms with Crippen LogP contribution >= 0.6 is 0 Å². The molecule has 4 nitrogen and oxygen atoms in total. The van der Waals surface area contributed by atoms with Crippen LogP contribution in [0.2, 0.25) is 0 Å². The fourth-order valence-corrected chi connectivity index (χ4v) is 1.54. The highest BCUT2D eigenvalue weighted by atomic mass is 16.5. The molecule has 0 aromatic carbocycles. The number of hydrogen-bond donors (Lipinski definition) is 0. The Hall–Kier alpha value is -0.930. The molecular weight excluding hydrogens is 216 g/mol. The zero-order chi connectivity index (χ0) is 12.9. The van der Waals surface area contributed by atoms with Crippen LogP contribution in [0.4, 0.5) is 0 Å². The molecule has 0 aliphatic carbocycles. The van der Waals surface area contributed by atoms with Gasteiger partial charge in [-0.2, -0.15) is 10.2 Å². The largest absolute Gasteiger partial charge is 0.467 e. The molecule has 0 aromatic heterocycles. The molecule has 0 saturated carbocycles. The number of ether oxygens (including phenoxy) is 1. The number of carbonyl (C=O) groups excluding carboxylic acids is 1. The summed E-state index contributed by atoms with van der Waals surface area (Å²) in [5.41, 5.74) is 0. The molecule has 0 aliphatic heterocycles. The summed E-state index contributed by atoms with van der Waals surface area (Å²) in [6.07, 6.45) is 8.85. The van der Waals surface area contributed by atoms with Crippen LogP contribution < -0.4 is 0 Å². The third-order valence-electron chi connectivity index (χ3n) is 2.66. The van der Waals surface area contributed by atoms with E-state index in [1.807, 2.05) is 0 Å². The average molecular weight is 242 g/mol. The molecule has 0 bridgehead atoms. The lowest BCUT2D eigenvalue weighted by atomic mass is 10.1. The van der Waals surface area contributed by atoms with Crippen molar-refractivity contribution in [2.45, 2.75) is 64.8 Å². The number of esters is 1. The Kier molecular flexibility index (Phi) is 10.9. The number of methoxy groups -OCH3 is 1. The average Bonchev–Trinajstić information content (AvgIpc) is 2.35. The number of rotatable bonds is 10. The zero-order valence-corrected chi connectivity index (χ0v) is 11.4. The lowest BCUT2D eigenvalue weighted by Gasteiger charge is -2.01. The molecule has 17 heavy (non-hydrogen) atoms. The number of nitrogens with zero attached hydrogens (tertiary/aromatic N) is 2. The first-order valence-electron chi connectivity index (χ1n) is 6.66. The van der Waals surface area contributed by atoms with Crippen molar-refractivity contribution in [3.8, 4) is 0 Å². The van der Waals surface area contributed by atoms with Crippen molar-refractivity contribution in [2.24, 2.45) is 10.2 Å². The fraction of sp³-hybridized carbons (Fsp3) is 0.923. The maximum Gasteiger partial charge on any atom is 0.332 e. The van der Waals surface area contributed by atoms with Gasteiger partial charge < -0.3 is 4.74 Å². The van der Waals surface area contributed by atoms with Gasteiger partial charge >= 0.3 is 5.97 Å². The SMILES string of the molecule is CCCCCCCCCN=NC(C)C(=O)OC. The molecule has 0 aromatic rings. The van der Waals surface area contributed by atoms with Gasteiger partial charge in [0.2, 0.25) is 0 Å². The summed E-state index contributed by atoms with van der Waals surface area (Å²) in [5, 5.41) is 7.89. The van der Waals surface area contributed by atoms with E-state index < -0.39 is 6.04 Å². The Morgan fingerprint density at radius 2 is 1.71 bits per heavy atom. The summed E-state index contributed by atoms with van der Waals surface area (Å²) >= 11 is 0. The monoisotopic (exact) mass is 242 g/mol. The summed E-state index contributed by atoms with van der Waals surface area (Å²) in [5.74, 6) is -0.326. The molecule has 0 spiro atoms. The van der Waals surface area contributed by atoms with Crippen LogP contribution in [0.1, 0.15) is 58.8 Å². The van der Waals surface area contributed by atoms with Gasteiger partial charge in [-0.15, -0.1) is 0 Å². The van der Waals surface area contributed by atoms with Crippen molar-refractivity contribution in [3.05, 3.63) is 0 Å². The summed E-state index contributed by atoms with van der Waals surface area (Å²) < 4.78 is 4.55. The Balaban J connectivity index is 3.33. The summed E-state index contributed by atoms with van der Waals surface area (Å²) in [6, 6.07) is -0.468. The van der Waals surface area contributed by atoms with Gasteiger partial charge in [-0.1, -0.05) is 45.4 Å². The maximum atomic E-state index is 11.0. The first-order valence-corrected chi connectivity index (χ1v) is 6.66. The van der Waals surface area contributed by atoms with Crippen LogP contribution in [0.3, 0.4) is 0 Å². The van der Waals surface area contributed by atoms with Crippen LogP contribution in [-0.2, 0) is 9.53 Å². The van der Waals surface area contributed by atoms with Crippen LogP contribution in [0.5, 0.6) is 0 Å². The predicted octanol–water partition coefficient (Wildman–Crippen LogP) is 3.75. The van der Waals surface area contributed by atoms with E-state index >= 15 is 0 Å². The molecule has 0 saturated heterocycles. The zero-order valence-electron chi connectivity index (χ0n) is 11.4. The molecule has 0 amide bonds. The van der Waals surface area contributed by atoms with Gasteiger partial charge in [-0.05, 0) is 13.3 Å². The van der Waals surface area contributed by atoms with E-state index in [9.17, 15) is 4.79 Å². The lowest BCUT2D eigenvalue weighted by molar-refractivity contribution is -0.141. The predicted molar refractivity (Wildman–Crippen MR) is 69.2 cm³/mol. The van der Waals surface area contributed by atoms with Crippen LogP contribution in [0.25, 0.3) is 0 Å². The Bertz CT molecular complexity index is 217. The van der Waals surface area contributed by atoms with E-state index in [1.165, 1.54) is 45.6 Å². The summed E-state index contributed by atoms with van der Waals surface area (Å²) in [6.45, 7) is 4.64. The van der Waals surface area contributed by atoms with Crippen molar-refractivity contribution in [2.75, 3.05) is 13.7 Å².